The van der Waals surface area contributed by atoms with Crippen molar-refractivity contribution in [2.24, 2.45) is 0 Å². The molecule has 3 rings (SSSR count). The molecule has 2 aromatic carbocycles. The fraction of sp³-hybridized carbons (Fsp3) is 0.0714. The van der Waals surface area contributed by atoms with Crippen LogP contribution in [-0.4, -0.2) is 11.7 Å². The minimum Gasteiger partial charge on any atom is -0.495 e. The quantitative estimate of drug-likeness (QED) is 0.727. The van der Waals surface area contributed by atoms with Crippen molar-refractivity contribution in [2.75, 3.05) is 7.11 Å². The second kappa shape index (κ2) is 4.59. The van der Waals surface area contributed by atoms with Crippen molar-refractivity contribution in [1.29, 1.82) is 0 Å². The number of rotatable bonds is 2. The number of fused-ring (bicyclic) bond motifs is 1. The van der Waals surface area contributed by atoms with E-state index in [1.54, 1.807) is 19.2 Å². The summed E-state index contributed by atoms with van der Waals surface area (Å²) in [6.45, 7) is 0. The highest BCUT2D eigenvalue weighted by Crippen LogP contribution is 2.26. The van der Waals surface area contributed by atoms with Crippen molar-refractivity contribution in [3.8, 4) is 11.4 Å². The van der Waals surface area contributed by atoms with Crippen LogP contribution in [0.1, 0.15) is 0 Å². The molecule has 0 saturated carbocycles. The van der Waals surface area contributed by atoms with Crippen molar-refractivity contribution in [2.45, 2.75) is 0 Å². The lowest BCUT2D eigenvalue weighted by atomic mass is 10.2. The average molecular weight is 320 g/mol. The Bertz CT molecular complexity index is 804. The summed E-state index contributed by atoms with van der Waals surface area (Å²) in [5.74, 6) is 0.188. The molecule has 3 aromatic rings. The maximum atomic E-state index is 12.0. The van der Waals surface area contributed by atoms with Gasteiger partial charge < -0.3 is 9.15 Å². The van der Waals surface area contributed by atoms with Crippen LogP contribution in [0.5, 0.6) is 5.75 Å². The predicted molar refractivity (Wildman–Crippen MR) is 76.1 cm³/mol. The van der Waals surface area contributed by atoms with Crippen LogP contribution >= 0.6 is 15.9 Å². The van der Waals surface area contributed by atoms with Crippen LogP contribution in [0.2, 0.25) is 0 Å². The number of methoxy groups -OCH3 is 1. The lowest BCUT2D eigenvalue weighted by molar-refractivity contribution is 0.411. The highest BCUT2D eigenvalue weighted by molar-refractivity contribution is 9.10. The Morgan fingerprint density at radius 3 is 2.79 bits per heavy atom. The monoisotopic (exact) mass is 319 g/mol. The van der Waals surface area contributed by atoms with Gasteiger partial charge in [0.05, 0.1) is 18.3 Å². The smallest absolute Gasteiger partial charge is 0.424 e. The van der Waals surface area contributed by atoms with Crippen LogP contribution < -0.4 is 10.5 Å². The van der Waals surface area contributed by atoms with E-state index in [0.717, 1.165) is 4.47 Å². The lowest BCUT2D eigenvalue weighted by Crippen LogP contribution is -2.12. The summed E-state index contributed by atoms with van der Waals surface area (Å²) in [5, 5.41) is 0. The number of benzene rings is 2. The first-order chi connectivity index (χ1) is 9.20. The number of hydrogen-bond donors (Lipinski definition) is 0. The van der Waals surface area contributed by atoms with Crippen LogP contribution in [-0.2, 0) is 0 Å². The first-order valence-corrected chi connectivity index (χ1v) is 6.44. The van der Waals surface area contributed by atoms with Crippen molar-refractivity contribution < 1.29 is 9.15 Å². The summed E-state index contributed by atoms with van der Waals surface area (Å²) >= 11 is 3.35. The average Bonchev–Trinajstić information content (AvgIpc) is 2.73. The van der Waals surface area contributed by atoms with E-state index in [1.165, 1.54) is 4.57 Å². The molecule has 0 N–H and O–H groups in total. The standard InChI is InChI=1S/C14H10BrNO3/c1-18-12-5-3-2-4-10(12)16-11-7-6-9(15)8-13(11)19-14(16)17/h2-8H,1H3. The number of hydrogen-bond acceptors (Lipinski definition) is 3. The summed E-state index contributed by atoms with van der Waals surface area (Å²) < 4.78 is 12.9. The predicted octanol–water partition coefficient (Wildman–Crippen LogP) is 3.35. The molecular weight excluding hydrogens is 310 g/mol. The molecule has 0 aliphatic carbocycles. The number of aromatic nitrogens is 1. The van der Waals surface area contributed by atoms with Crippen molar-refractivity contribution in [3.63, 3.8) is 0 Å². The van der Waals surface area contributed by atoms with E-state index >= 15 is 0 Å². The number of nitrogens with zero attached hydrogens (tertiary/aromatic N) is 1. The zero-order chi connectivity index (χ0) is 13.4. The SMILES string of the molecule is COc1ccccc1-n1c(=O)oc2cc(Br)ccc21. The Balaban J connectivity index is 2.36. The lowest BCUT2D eigenvalue weighted by Gasteiger charge is -2.08. The molecule has 0 spiro atoms. The third-order valence-corrected chi connectivity index (χ3v) is 3.36. The molecule has 4 nitrogen and oxygen atoms in total. The first kappa shape index (κ1) is 12.0. The van der Waals surface area contributed by atoms with Gasteiger partial charge in [-0.1, -0.05) is 28.1 Å². The molecule has 5 heteroatoms. The van der Waals surface area contributed by atoms with E-state index in [4.69, 9.17) is 9.15 Å². The Morgan fingerprint density at radius 2 is 2.00 bits per heavy atom. The molecule has 1 heterocycles. The summed E-state index contributed by atoms with van der Waals surface area (Å²) in [4.78, 5) is 12.0. The Morgan fingerprint density at radius 1 is 1.21 bits per heavy atom. The maximum absolute atomic E-state index is 12.0. The van der Waals surface area contributed by atoms with Gasteiger partial charge in [-0.3, -0.25) is 0 Å². The third-order valence-electron chi connectivity index (χ3n) is 2.87. The van der Waals surface area contributed by atoms with Crippen LogP contribution in [0.4, 0.5) is 0 Å². The number of oxazole rings is 1. The Labute approximate surface area is 117 Å². The van der Waals surface area contributed by atoms with E-state index in [9.17, 15) is 4.79 Å². The molecule has 0 amide bonds. The van der Waals surface area contributed by atoms with Gasteiger partial charge in [0.2, 0.25) is 0 Å². The molecule has 0 aliphatic heterocycles. The van der Waals surface area contributed by atoms with Gasteiger partial charge in [-0.2, -0.15) is 0 Å². The zero-order valence-electron chi connectivity index (χ0n) is 10.1. The molecule has 19 heavy (non-hydrogen) atoms. The van der Waals surface area contributed by atoms with Gasteiger partial charge in [0.15, 0.2) is 5.58 Å². The molecule has 0 atom stereocenters. The Kier molecular flexibility index (Phi) is 2.91. The highest BCUT2D eigenvalue weighted by Gasteiger charge is 2.14. The van der Waals surface area contributed by atoms with Gasteiger partial charge in [0.25, 0.3) is 0 Å². The Hall–Kier alpha value is -2.01. The van der Waals surface area contributed by atoms with Crippen LogP contribution in [0.25, 0.3) is 16.8 Å². The molecule has 96 valence electrons. The fourth-order valence-electron chi connectivity index (χ4n) is 2.04. The normalized spacial score (nSPS) is 10.8. The summed E-state index contributed by atoms with van der Waals surface area (Å²) in [7, 11) is 1.57. The van der Waals surface area contributed by atoms with Gasteiger partial charge in [-0.05, 0) is 30.3 Å². The molecule has 1 aromatic heterocycles. The van der Waals surface area contributed by atoms with Crippen molar-refractivity contribution in [3.05, 3.63) is 57.5 Å². The summed E-state index contributed by atoms with van der Waals surface area (Å²) in [5.41, 5.74) is 1.90. The number of para-hydroxylation sites is 2. The van der Waals surface area contributed by atoms with E-state index in [2.05, 4.69) is 15.9 Å². The van der Waals surface area contributed by atoms with E-state index < -0.39 is 5.76 Å². The van der Waals surface area contributed by atoms with E-state index in [0.29, 0.717) is 22.5 Å². The number of halogens is 1. The largest absolute Gasteiger partial charge is 0.495 e. The van der Waals surface area contributed by atoms with Crippen molar-refractivity contribution >= 4 is 27.0 Å². The summed E-state index contributed by atoms with van der Waals surface area (Å²) in [6, 6.07) is 12.8. The van der Waals surface area contributed by atoms with Gasteiger partial charge in [0.1, 0.15) is 5.75 Å². The minimum absolute atomic E-state index is 0.433. The third kappa shape index (κ3) is 1.96. The minimum atomic E-state index is -0.433. The molecule has 0 unspecified atom stereocenters. The second-order valence-electron chi connectivity index (χ2n) is 3.99. The van der Waals surface area contributed by atoms with Gasteiger partial charge in [-0.25, -0.2) is 9.36 Å². The van der Waals surface area contributed by atoms with E-state index in [-0.39, 0.29) is 0 Å². The van der Waals surface area contributed by atoms with Crippen LogP contribution in [0, 0.1) is 0 Å². The van der Waals surface area contributed by atoms with Crippen LogP contribution in [0.15, 0.2) is 56.1 Å². The van der Waals surface area contributed by atoms with Gasteiger partial charge >= 0.3 is 5.76 Å². The van der Waals surface area contributed by atoms with E-state index in [1.807, 2.05) is 30.3 Å². The van der Waals surface area contributed by atoms with Gasteiger partial charge in [0, 0.05) is 4.47 Å². The van der Waals surface area contributed by atoms with Gasteiger partial charge in [-0.15, -0.1) is 0 Å². The molecule has 0 aliphatic rings. The number of ether oxygens (including phenoxy) is 1. The molecule has 0 radical (unpaired) electrons. The highest BCUT2D eigenvalue weighted by atomic mass is 79.9. The second-order valence-corrected chi connectivity index (χ2v) is 4.90. The molecule has 0 saturated heterocycles. The molecule has 0 bridgehead atoms. The first-order valence-electron chi connectivity index (χ1n) is 5.65. The maximum Gasteiger partial charge on any atom is 0.424 e. The zero-order valence-corrected chi connectivity index (χ0v) is 11.7. The molecular formula is C14H10BrNO3. The van der Waals surface area contributed by atoms with Crippen LogP contribution in [0.3, 0.4) is 0 Å². The summed E-state index contributed by atoms with van der Waals surface area (Å²) in [6.07, 6.45) is 0. The van der Waals surface area contributed by atoms with Crippen molar-refractivity contribution in [1.82, 2.24) is 4.57 Å². The topological polar surface area (TPSA) is 44.4 Å². The fourth-order valence-corrected chi connectivity index (χ4v) is 2.38. The molecule has 0 fully saturated rings.